The fourth-order valence-corrected chi connectivity index (χ4v) is 2.87. The zero-order valence-corrected chi connectivity index (χ0v) is 11.2. The summed E-state index contributed by atoms with van der Waals surface area (Å²) in [7, 11) is 0. The second-order valence-electron chi connectivity index (χ2n) is 3.52. The van der Waals surface area contributed by atoms with Crippen LogP contribution in [-0.4, -0.2) is 34.8 Å². The number of hydrogen-bond donors (Lipinski definition) is 2. The second kappa shape index (κ2) is 8.93. The van der Waals surface area contributed by atoms with Crippen molar-refractivity contribution in [1.29, 1.82) is 0 Å². The summed E-state index contributed by atoms with van der Waals surface area (Å²) in [6, 6.07) is 10.5. The lowest BCUT2D eigenvalue weighted by Gasteiger charge is -2.15. The van der Waals surface area contributed by atoms with Gasteiger partial charge in [-0.05, 0) is 11.8 Å². The number of nitrogens with one attached hydrogen (secondary N) is 1. The van der Waals surface area contributed by atoms with Gasteiger partial charge in [0.1, 0.15) is 0 Å². The van der Waals surface area contributed by atoms with E-state index >= 15 is 0 Å². The topological polar surface area (TPSA) is 32.3 Å². The van der Waals surface area contributed by atoms with Crippen molar-refractivity contribution in [3.05, 3.63) is 35.9 Å². The molecular weight excluding hydrogens is 238 g/mol. The van der Waals surface area contributed by atoms with Crippen molar-refractivity contribution >= 4 is 23.5 Å². The molecule has 0 saturated carbocycles. The van der Waals surface area contributed by atoms with Crippen molar-refractivity contribution in [2.45, 2.75) is 12.6 Å². The standard InChI is InChI=1S/C12H19NOS2/c1-15-10-16-9-12(8-14)13-7-11-5-3-2-4-6-11/h2-6,12-14H,7-10H2,1H3. The number of aliphatic hydroxyl groups is 1. The first-order chi connectivity index (χ1) is 7.86. The molecule has 0 amide bonds. The van der Waals surface area contributed by atoms with Crippen LogP contribution in [0, 0.1) is 0 Å². The minimum absolute atomic E-state index is 0.192. The molecule has 0 radical (unpaired) electrons. The molecule has 0 bridgehead atoms. The van der Waals surface area contributed by atoms with E-state index in [4.69, 9.17) is 0 Å². The number of thioether (sulfide) groups is 2. The third-order valence-corrected chi connectivity index (χ3v) is 4.43. The summed E-state index contributed by atoms with van der Waals surface area (Å²) in [6.45, 7) is 1.03. The highest BCUT2D eigenvalue weighted by atomic mass is 32.2. The number of benzene rings is 1. The van der Waals surface area contributed by atoms with Gasteiger partial charge >= 0.3 is 0 Å². The van der Waals surface area contributed by atoms with Crippen LogP contribution in [0.15, 0.2) is 30.3 Å². The van der Waals surface area contributed by atoms with Gasteiger partial charge in [-0.1, -0.05) is 30.3 Å². The maximum atomic E-state index is 9.22. The summed E-state index contributed by atoms with van der Waals surface area (Å²) in [5, 5.41) is 13.7. The van der Waals surface area contributed by atoms with E-state index in [1.54, 1.807) is 0 Å². The largest absolute Gasteiger partial charge is 0.395 e. The zero-order chi connectivity index (χ0) is 11.6. The molecule has 1 aromatic carbocycles. The van der Waals surface area contributed by atoms with Crippen molar-refractivity contribution in [2.24, 2.45) is 0 Å². The zero-order valence-electron chi connectivity index (χ0n) is 9.56. The van der Waals surface area contributed by atoms with Crippen LogP contribution in [0.1, 0.15) is 5.56 Å². The quantitative estimate of drug-likeness (QED) is 0.552. The van der Waals surface area contributed by atoms with Crippen molar-refractivity contribution in [2.75, 3.05) is 23.7 Å². The van der Waals surface area contributed by atoms with Gasteiger partial charge in [0.2, 0.25) is 0 Å². The van der Waals surface area contributed by atoms with E-state index in [0.717, 1.165) is 17.4 Å². The molecule has 1 aromatic rings. The maximum absolute atomic E-state index is 9.22. The minimum atomic E-state index is 0.192. The molecule has 16 heavy (non-hydrogen) atoms. The average Bonchev–Trinajstić information content (AvgIpc) is 2.35. The van der Waals surface area contributed by atoms with Gasteiger partial charge in [0, 0.05) is 23.4 Å². The van der Waals surface area contributed by atoms with Crippen molar-refractivity contribution < 1.29 is 5.11 Å². The summed E-state index contributed by atoms with van der Waals surface area (Å²) in [5.41, 5.74) is 1.26. The normalized spacial score (nSPS) is 12.6. The summed E-state index contributed by atoms with van der Waals surface area (Å²) < 4.78 is 0. The van der Waals surface area contributed by atoms with Gasteiger partial charge < -0.3 is 10.4 Å². The maximum Gasteiger partial charge on any atom is 0.0592 e. The molecular formula is C12H19NOS2. The first-order valence-corrected chi connectivity index (χ1v) is 7.86. The van der Waals surface area contributed by atoms with Gasteiger partial charge in [-0.25, -0.2) is 0 Å². The highest BCUT2D eigenvalue weighted by Crippen LogP contribution is 2.10. The Hall–Kier alpha value is -0.160. The average molecular weight is 257 g/mol. The molecule has 0 spiro atoms. The lowest BCUT2D eigenvalue weighted by Crippen LogP contribution is -2.34. The van der Waals surface area contributed by atoms with E-state index in [-0.39, 0.29) is 12.6 Å². The van der Waals surface area contributed by atoms with E-state index < -0.39 is 0 Å². The van der Waals surface area contributed by atoms with Gasteiger partial charge in [-0.3, -0.25) is 0 Å². The van der Waals surface area contributed by atoms with Crippen LogP contribution in [0.4, 0.5) is 0 Å². The Morgan fingerprint density at radius 2 is 2.06 bits per heavy atom. The molecule has 0 aliphatic carbocycles. The molecule has 1 atom stereocenters. The van der Waals surface area contributed by atoms with E-state index in [1.807, 2.05) is 41.7 Å². The first kappa shape index (κ1) is 13.9. The molecule has 0 fully saturated rings. The van der Waals surface area contributed by atoms with E-state index in [2.05, 4.69) is 23.7 Å². The molecule has 1 rings (SSSR count). The Kier molecular flexibility index (Phi) is 7.76. The predicted molar refractivity (Wildman–Crippen MR) is 75.0 cm³/mol. The monoisotopic (exact) mass is 257 g/mol. The Morgan fingerprint density at radius 3 is 2.69 bits per heavy atom. The van der Waals surface area contributed by atoms with Crippen LogP contribution in [0.3, 0.4) is 0 Å². The van der Waals surface area contributed by atoms with E-state index in [0.29, 0.717) is 0 Å². The molecule has 0 aliphatic rings. The molecule has 2 N–H and O–H groups in total. The predicted octanol–water partition coefficient (Wildman–Crippen LogP) is 2.19. The fraction of sp³-hybridized carbons (Fsp3) is 0.500. The van der Waals surface area contributed by atoms with Gasteiger partial charge in [0.05, 0.1) is 6.61 Å². The fourth-order valence-electron chi connectivity index (χ4n) is 1.31. The molecule has 0 aliphatic heterocycles. The molecule has 0 heterocycles. The van der Waals surface area contributed by atoms with Crippen molar-refractivity contribution in [1.82, 2.24) is 5.32 Å². The van der Waals surface area contributed by atoms with Crippen LogP contribution < -0.4 is 5.32 Å². The van der Waals surface area contributed by atoms with Crippen LogP contribution in [0.2, 0.25) is 0 Å². The molecule has 0 aromatic heterocycles. The lowest BCUT2D eigenvalue weighted by atomic mass is 10.2. The van der Waals surface area contributed by atoms with Gasteiger partial charge in [-0.15, -0.1) is 11.8 Å². The highest BCUT2D eigenvalue weighted by molar-refractivity contribution is 8.15. The first-order valence-electron chi connectivity index (χ1n) is 5.31. The van der Waals surface area contributed by atoms with E-state index in [1.165, 1.54) is 5.56 Å². The third-order valence-electron chi connectivity index (χ3n) is 2.18. The summed E-state index contributed by atoms with van der Waals surface area (Å²) in [5.74, 6) is 0.962. The SMILES string of the molecule is CSCSCC(CO)NCc1ccccc1. The summed E-state index contributed by atoms with van der Waals surface area (Å²) in [4.78, 5) is 0. The van der Waals surface area contributed by atoms with Crippen molar-refractivity contribution in [3.63, 3.8) is 0 Å². The van der Waals surface area contributed by atoms with Gasteiger partial charge in [0.15, 0.2) is 0 Å². The number of aliphatic hydroxyl groups excluding tert-OH is 1. The number of rotatable bonds is 8. The smallest absolute Gasteiger partial charge is 0.0592 e. The Morgan fingerprint density at radius 1 is 1.31 bits per heavy atom. The molecule has 4 heteroatoms. The minimum Gasteiger partial charge on any atom is -0.395 e. The highest BCUT2D eigenvalue weighted by Gasteiger charge is 2.06. The lowest BCUT2D eigenvalue weighted by molar-refractivity contribution is 0.253. The van der Waals surface area contributed by atoms with E-state index in [9.17, 15) is 5.11 Å². The Labute approximate surface area is 106 Å². The van der Waals surface area contributed by atoms with Gasteiger partial charge in [0.25, 0.3) is 0 Å². The second-order valence-corrected chi connectivity index (χ2v) is 5.79. The van der Waals surface area contributed by atoms with Gasteiger partial charge in [-0.2, -0.15) is 11.8 Å². The van der Waals surface area contributed by atoms with Crippen LogP contribution >= 0.6 is 23.5 Å². The van der Waals surface area contributed by atoms with Crippen LogP contribution in [0.25, 0.3) is 0 Å². The molecule has 2 nitrogen and oxygen atoms in total. The van der Waals surface area contributed by atoms with Crippen molar-refractivity contribution in [3.8, 4) is 0 Å². The molecule has 90 valence electrons. The third kappa shape index (κ3) is 5.80. The molecule has 1 unspecified atom stereocenters. The summed E-state index contributed by atoms with van der Waals surface area (Å²) >= 11 is 3.68. The Bertz CT molecular complexity index is 269. The Balaban J connectivity index is 2.23. The number of hydrogen-bond acceptors (Lipinski definition) is 4. The molecule has 0 saturated heterocycles. The van der Waals surface area contributed by atoms with Crippen LogP contribution in [0.5, 0.6) is 0 Å². The van der Waals surface area contributed by atoms with Crippen LogP contribution in [-0.2, 0) is 6.54 Å². The summed E-state index contributed by atoms with van der Waals surface area (Å²) in [6.07, 6.45) is 2.10.